The maximum Gasteiger partial charge on any atom is 0.00578 e. The molecule has 0 radical (unpaired) electrons. The first-order valence-electron chi connectivity index (χ1n) is 6.33. The maximum absolute atomic E-state index is 3.62. The Morgan fingerprint density at radius 3 is 3.00 bits per heavy atom. The van der Waals surface area contributed by atoms with Crippen molar-refractivity contribution in [3.05, 3.63) is 34.5 Å². The van der Waals surface area contributed by atoms with Gasteiger partial charge >= 0.3 is 0 Å². The summed E-state index contributed by atoms with van der Waals surface area (Å²) < 4.78 is 0. The van der Waals surface area contributed by atoms with Gasteiger partial charge in [0.1, 0.15) is 0 Å². The van der Waals surface area contributed by atoms with E-state index < -0.39 is 0 Å². The Kier molecular flexibility index (Phi) is 3.11. The fraction of sp³-hybridized carbons (Fsp3) is 0.571. The van der Waals surface area contributed by atoms with Crippen molar-refractivity contribution in [2.24, 2.45) is 17.8 Å². The van der Waals surface area contributed by atoms with Crippen LogP contribution in [0, 0.1) is 17.8 Å². The van der Waals surface area contributed by atoms with E-state index in [1.165, 1.54) is 30.7 Å². The van der Waals surface area contributed by atoms with Gasteiger partial charge in [-0.2, -0.15) is 0 Å². The predicted octanol–water partition coefficient (Wildman–Crippen LogP) is 3.09. The van der Waals surface area contributed by atoms with Crippen LogP contribution >= 0.6 is 11.3 Å². The van der Waals surface area contributed by atoms with Gasteiger partial charge in [-0.05, 0) is 61.6 Å². The lowest BCUT2D eigenvalue weighted by Crippen LogP contribution is -2.27. The van der Waals surface area contributed by atoms with Crippen molar-refractivity contribution in [1.29, 1.82) is 0 Å². The van der Waals surface area contributed by atoms with Crippen LogP contribution in [-0.4, -0.2) is 13.1 Å². The van der Waals surface area contributed by atoms with Gasteiger partial charge < -0.3 is 5.32 Å². The van der Waals surface area contributed by atoms with E-state index in [0.717, 1.165) is 24.3 Å². The van der Waals surface area contributed by atoms with Crippen molar-refractivity contribution >= 4 is 11.3 Å². The number of thiophene rings is 1. The molecule has 1 nitrogen and oxygen atoms in total. The zero-order valence-electron chi connectivity index (χ0n) is 9.56. The van der Waals surface area contributed by atoms with Crippen molar-refractivity contribution in [2.45, 2.75) is 19.3 Å². The fourth-order valence-electron chi connectivity index (χ4n) is 3.08. The first-order valence-corrected chi connectivity index (χ1v) is 7.21. The molecule has 2 aliphatic carbocycles. The maximum atomic E-state index is 3.62. The molecule has 2 bridgehead atoms. The van der Waals surface area contributed by atoms with Crippen LogP contribution in [0.25, 0.3) is 0 Å². The Morgan fingerprint density at radius 2 is 2.31 bits per heavy atom. The molecule has 3 rings (SSSR count). The van der Waals surface area contributed by atoms with E-state index >= 15 is 0 Å². The smallest absolute Gasteiger partial charge is 0.00578 e. The summed E-state index contributed by atoms with van der Waals surface area (Å²) in [6.45, 7) is 2.36. The largest absolute Gasteiger partial charge is 0.316 e. The van der Waals surface area contributed by atoms with E-state index in [1.54, 1.807) is 0 Å². The Labute approximate surface area is 102 Å². The molecule has 0 aliphatic heterocycles. The van der Waals surface area contributed by atoms with Gasteiger partial charge in [-0.3, -0.25) is 0 Å². The van der Waals surface area contributed by atoms with Crippen molar-refractivity contribution < 1.29 is 0 Å². The normalized spacial score (nSPS) is 31.4. The minimum absolute atomic E-state index is 0.888. The number of allylic oxidation sites excluding steroid dienone is 2. The minimum atomic E-state index is 0.888. The van der Waals surface area contributed by atoms with Crippen molar-refractivity contribution in [1.82, 2.24) is 5.32 Å². The van der Waals surface area contributed by atoms with Gasteiger partial charge in [0, 0.05) is 4.88 Å². The molecule has 0 saturated heterocycles. The highest BCUT2D eigenvalue weighted by Gasteiger charge is 2.34. The Balaban J connectivity index is 1.37. The van der Waals surface area contributed by atoms with Gasteiger partial charge in [-0.25, -0.2) is 0 Å². The third-order valence-corrected chi connectivity index (χ3v) is 4.89. The summed E-state index contributed by atoms with van der Waals surface area (Å²) in [5, 5.41) is 5.79. The molecule has 1 heterocycles. The second-order valence-electron chi connectivity index (χ2n) is 5.07. The molecule has 0 aromatic carbocycles. The molecule has 16 heavy (non-hydrogen) atoms. The van der Waals surface area contributed by atoms with E-state index in [4.69, 9.17) is 0 Å². The number of hydrogen-bond acceptors (Lipinski definition) is 2. The zero-order valence-corrected chi connectivity index (χ0v) is 10.4. The molecule has 1 fully saturated rings. The standard InChI is InChI=1S/C14H19NS/c1-2-14(16-7-1)5-6-15-10-13-9-11-3-4-12(13)8-11/h1-4,7,11-13,15H,5-6,8-10H2. The predicted molar refractivity (Wildman–Crippen MR) is 69.7 cm³/mol. The Bertz CT molecular complexity index is 355. The zero-order chi connectivity index (χ0) is 10.8. The van der Waals surface area contributed by atoms with Crippen LogP contribution in [0.4, 0.5) is 0 Å². The summed E-state index contributed by atoms with van der Waals surface area (Å²) in [6, 6.07) is 4.37. The quantitative estimate of drug-likeness (QED) is 0.609. The highest BCUT2D eigenvalue weighted by atomic mass is 32.1. The molecular weight excluding hydrogens is 214 g/mol. The third kappa shape index (κ3) is 2.23. The van der Waals surface area contributed by atoms with Crippen LogP contribution in [0.5, 0.6) is 0 Å². The lowest BCUT2D eigenvalue weighted by molar-refractivity contribution is 0.416. The van der Waals surface area contributed by atoms with Crippen LogP contribution in [0.3, 0.4) is 0 Å². The number of rotatable bonds is 5. The number of hydrogen-bond donors (Lipinski definition) is 1. The first-order chi connectivity index (χ1) is 7.92. The molecule has 1 aromatic rings. The van der Waals surface area contributed by atoms with Crippen molar-refractivity contribution in [3.63, 3.8) is 0 Å². The van der Waals surface area contributed by atoms with Crippen LogP contribution < -0.4 is 5.32 Å². The van der Waals surface area contributed by atoms with Crippen molar-refractivity contribution in [3.8, 4) is 0 Å². The average molecular weight is 233 g/mol. The fourth-order valence-corrected chi connectivity index (χ4v) is 3.79. The molecule has 0 amide bonds. The van der Waals surface area contributed by atoms with Crippen LogP contribution in [0.2, 0.25) is 0 Å². The minimum Gasteiger partial charge on any atom is -0.316 e. The van der Waals surface area contributed by atoms with Crippen molar-refractivity contribution in [2.75, 3.05) is 13.1 Å². The summed E-state index contributed by atoms with van der Waals surface area (Å²) in [6.07, 6.45) is 8.91. The van der Waals surface area contributed by atoms with Crippen LogP contribution in [0.15, 0.2) is 29.7 Å². The van der Waals surface area contributed by atoms with E-state index in [1.807, 2.05) is 11.3 Å². The summed E-state index contributed by atoms with van der Waals surface area (Å²) in [5.74, 6) is 2.71. The molecule has 3 unspecified atom stereocenters. The van der Waals surface area contributed by atoms with Crippen LogP contribution in [-0.2, 0) is 6.42 Å². The lowest BCUT2D eigenvalue weighted by atomic mass is 9.94. The van der Waals surface area contributed by atoms with Crippen LogP contribution in [0.1, 0.15) is 17.7 Å². The summed E-state index contributed by atoms with van der Waals surface area (Å²) >= 11 is 1.87. The molecule has 2 heteroatoms. The van der Waals surface area contributed by atoms with E-state index in [9.17, 15) is 0 Å². The van der Waals surface area contributed by atoms with Gasteiger partial charge in [0.25, 0.3) is 0 Å². The molecule has 86 valence electrons. The van der Waals surface area contributed by atoms with E-state index in [0.29, 0.717) is 0 Å². The van der Waals surface area contributed by atoms with Gasteiger partial charge in [0.15, 0.2) is 0 Å². The first kappa shape index (κ1) is 10.5. The van der Waals surface area contributed by atoms with E-state index in [2.05, 4.69) is 35.0 Å². The number of fused-ring (bicyclic) bond motifs is 2. The van der Waals surface area contributed by atoms with E-state index in [-0.39, 0.29) is 0 Å². The molecular formula is C14H19NS. The van der Waals surface area contributed by atoms with Gasteiger partial charge in [-0.1, -0.05) is 18.2 Å². The van der Waals surface area contributed by atoms with Gasteiger partial charge in [0.05, 0.1) is 0 Å². The SMILES string of the molecule is C1=CC2CC1CC2CNCCc1cccs1. The Hall–Kier alpha value is -0.600. The molecule has 1 N–H and O–H groups in total. The molecule has 3 atom stereocenters. The second kappa shape index (κ2) is 4.72. The third-order valence-electron chi connectivity index (χ3n) is 3.95. The summed E-state index contributed by atoms with van der Waals surface area (Å²) in [7, 11) is 0. The highest BCUT2D eigenvalue weighted by Crippen LogP contribution is 2.42. The lowest BCUT2D eigenvalue weighted by Gasteiger charge is -2.18. The average Bonchev–Trinajstić information content (AvgIpc) is 3.01. The van der Waals surface area contributed by atoms with Gasteiger partial charge in [-0.15, -0.1) is 11.3 Å². The van der Waals surface area contributed by atoms with Gasteiger partial charge in [0.2, 0.25) is 0 Å². The monoisotopic (exact) mass is 233 g/mol. The highest BCUT2D eigenvalue weighted by molar-refractivity contribution is 7.09. The second-order valence-corrected chi connectivity index (χ2v) is 6.11. The molecule has 1 saturated carbocycles. The Morgan fingerprint density at radius 1 is 1.31 bits per heavy atom. The topological polar surface area (TPSA) is 12.0 Å². The molecule has 1 aromatic heterocycles. The molecule has 2 aliphatic rings. The molecule has 0 spiro atoms. The summed E-state index contributed by atoms with van der Waals surface area (Å²) in [4.78, 5) is 1.50. The summed E-state index contributed by atoms with van der Waals surface area (Å²) in [5.41, 5.74) is 0. The number of nitrogens with one attached hydrogen (secondary N) is 1.